The quantitative estimate of drug-likeness (QED) is 0.0254. The lowest BCUT2D eigenvalue weighted by Gasteiger charge is -2.32. The summed E-state index contributed by atoms with van der Waals surface area (Å²) in [4.78, 5) is 151. The molecule has 1 aliphatic rings. The Morgan fingerprint density at radius 3 is 1.67 bits per heavy atom. The standard InChI is InChI=1S/C58H72N14O13/c1-30(58(84)85)65-51(77)43(23-34-26-62-40-16-9-7-14-37(34)40)69-55(81)46-18-11-21-72(46)57(83)49(32(3)74)71-56(82)48(31(2)73)70-54(80)44(24-35-27-63-41-17-10-8-15-38(35)41)68-52(78)42(22-33-12-5-4-6-13-33)67-53(79)45(25-36-28-61-29-64-36)66-50(76)39(59)19-20-47(60)75/h4-10,12-17,26-32,39,42-46,48-49,62-63,73-74H,11,18-25,59H2,1-3H3,(H2,60,75)(H,61,64)(H,65,77)(H,66,76)(H,67,79)(H,68,78)(H,69,81)(H,70,80)(H,71,82)(H,84,85)/t30-,31+,32+,39-,42-,43-,44-,45-,46-,48-,49-/m0/s1. The van der Waals surface area contributed by atoms with E-state index in [0.717, 1.165) is 15.8 Å². The van der Waals surface area contributed by atoms with Gasteiger partial charge in [-0.05, 0) is 68.9 Å². The fourth-order valence-corrected chi connectivity index (χ4v) is 10.0. The number of primary amides is 1. The second-order valence-electron chi connectivity index (χ2n) is 21.2. The number of aliphatic carboxylic acids is 1. The van der Waals surface area contributed by atoms with Gasteiger partial charge in [-0.15, -0.1) is 0 Å². The minimum atomic E-state index is -1.85. The molecule has 85 heavy (non-hydrogen) atoms. The van der Waals surface area contributed by atoms with Crippen LogP contribution < -0.4 is 48.7 Å². The maximum absolute atomic E-state index is 14.8. The van der Waals surface area contributed by atoms with Gasteiger partial charge in [0.1, 0.15) is 48.3 Å². The van der Waals surface area contributed by atoms with Gasteiger partial charge in [0.15, 0.2) is 0 Å². The molecule has 0 bridgehead atoms. The summed E-state index contributed by atoms with van der Waals surface area (Å²) in [5.74, 6) is -9.15. The van der Waals surface area contributed by atoms with Crippen molar-refractivity contribution >= 4 is 80.9 Å². The van der Waals surface area contributed by atoms with E-state index in [1.165, 1.54) is 33.3 Å². The number of carbonyl (C=O) groups excluding carboxylic acids is 9. The normalized spacial score (nSPS) is 16.7. The Morgan fingerprint density at radius 1 is 0.612 bits per heavy atom. The number of amides is 9. The molecule has 27 nitrogen and oxygen atoms in total. The summed E-state index contributed by atoms with van der Waals surface area (Å²) in [6.07, 6.45) is 2.28. The molecular weight excluding hydrogens is 1100 g/mol. The predicted molar refractivity (Wildman–Crippen MR) is 308 cm³/mol. The van der Waals surface area contributed by atoms with Crippen LogP contribution in [0.3, 0.4) is 0 Å². The Bertz CT molecular complexity index is 3350. The number of fused-ring (bicyclic) bond motifs is 2. The minimum Gasteiger partial charge on any atom is -0.480 e. The number of aromatic amines is 3. The van der Waals surface area contributed by atoms with Gasteiger partial charge in [-0.3, -0.25) is 47.9 Å². The van der Waals surface area contributed by atoms with Crippen molar-refractivity contribution in [2.45, 2.75) is 139 Å². The zero-order chi connectivity index (χ0) is 61.5. The molecule has 17 N–H and O–H groups in total. The van der Waals surface area contributed by atoms with Crippen LogP contribution in [0, 0.1) is 0 Å². The van der Waals surface area contributed by atoms with Crippen molar-refractivity contribution < 1.29 is 63.3 Å². The Balaban J connectivity index is 1.10. The smallest absolute Gasteiger partial charge is 0.325 e. The summed E-state index contributed by atoms with van der Waals surface area (Å²) in [5.41, 5.74) is 14.9. The first-order valence-electron chi connectivity index (χ1n) is 27.7. The van der Waals surface area contributed by atoms with Gasteiger partial charge in [0.25, 0.3) is 0 Å². The molecule has 27 heteroatoms. The van der Waals surface area contributed by atoms with Crippen LogP contribution in [-0.2, 0) is 73.6 Å². The van der Waals surface area contributed by atoms with Crippen molar-refractivity contribution in [3.05, 3.63) is 126 Å². The number of nitrogens with two attached hydrogens (primary N) is 2. The monoisotopic (exact) mass is 1170 g/mol. The van der Waals surface area contributed by atoms with Crippen LogP contribution in [0.4, 0.5) is 0 Å². The Labute approximate surface area is 487 Å². The zero-order valence-corrected chi connectivity index (χ0v) is 47.0. The van der Waals surface area contributed by atoms with E-state index in [1.54, 1.807) is 73.1 Å². The number of carboxylic acid groups (broad SMARTS) is 1. The highest BCUT2D eigenvalue weighted by Gasteiger charge is 2.42. The number of nitrogens with one attached hydrogen (secondary N) is 10. The van der Waals surface area contributed by atoms with Crippen LogP contribution in [0.25, 0.3) is 21.8 Å². The van der Waals surface area contributed by atoms with Crippen molar-refractivity contribution in [3.8, 4) is 0 Å². The number of carboxylic acids is 1. The highest BCUT2D eigenvalue weighted by atomic mass is 16.4. The number of aliphatic hydroxyl groups excluding tert-OH is 2. The molecule has 7 rings (SSSR count). The SMILES string of the molecule is C[C@H](NC(=O)[C@H](Cc1c[nH]c2ccccc12)NC(=O)[C@@H]1CCCN1C(=O)[C@@H](NC(=O)[C@@H](NC(=O)[C@H](Cc1c[nH]c2ccccc12)NC(=O)[C@H](Cc1ccccc1)NC(=O)[C@H](Cc1cnc[nH]1)NC(=O)[C@@H](N)CCC(N)=O)[C@@H](C)O)[C@@H](C)O)C(=O)O. The number of aromatic nitrogens is 4. The van der Waals surface area contributed by atoms with Crippen molar-refractivity contribution in [3.63, 3.8) is 0 Å². The molecule has 0 unspecified atom stereocenters. The maximum Gasteiger partial charge on any atom is 0.325 e. The van der Waals surface area contributed by atoms with E-state index in [-0.39, 0.29) is 51.5 Å². The number of H-pyrrole nitrogens is 3. The lowest BCUT2D eigenvalue weighted by Crippen LogP contribution is -2.63. The molecule has 4 heterocycles. The van der Waals surface area contributed by atoms with Crippen LogP contribution >= 0.6 is 0 Å². The summed E-state index contributed by atoms with van der Waals surface area (Å²) in [6.45, 7) is 3.64. The molecule has 0 radical (unpaired) electrons. The zero-order valence-electron chi connectivity index (χ0n) is 47.0. The molecule has 3 aromatic heterocycles. The van der Waals surface area contributed by atoms with Gasteiger partial charge >= 0.3 is 5.97 Å². The largest absolute Gasteiger partial charge is 0.480 e. The maximum atomic E-state index is 14.8. The van der Waals surface area contributed by atoms with Gasteiger partial charge in [0.05, 0.1) is 24.6 Å². The molecule has 11 atom stereocenters. The first-order chi connectivity index (χ1) is 40.6. The summed E-state index contributed by atoms with van der Waals surface area (Å²) >= 11 is 0. The fourth-order valence-electron chi connectivity index (χ4n) is 10.0. The fraction of sp³-hybridized carbons (Fsp3) is 0.397. The van der Waals surface area contributed by atoms with Crippen LogP contribution in [0.5, 0.6) is 0 Å². The van der Waals surface area contributed by atoms with E-state index >= 15 is 0 Å². The first kappa shape index (κ1) is 63.1. The van der Waals surface area contributed by atoms with Gasteiger partial charge < -0.3 is 83.9 Å². The summed E-state index contributed by atoms with van der Waals surface area (Å²) in [6, 6.07) is 9.88. The number of nitrogens with zero attached hydrogens (tertiary/aromatic N) is 2. The number of hydrogen-bond acceptors (Lipinski definition) is 14. The molecule has 0 spiro atoms. The highest BCUT2D eigenvalue weighted by molar-refractivity contribution is 5.99. The van der Waals surface area contributed by atoms with Crippen LogP contribution in [0.1, 0.15) is 68.8 Å². The van der Waals surface area contributed by atoms with Crippen molar-refractivity contribution in [1.29, 1.82) is 0 Å². The predicted octanol–water partition coefficient (Wildman–Crippen LogP) is -1.51. The summed E-state index contributed by atoms with van der Waals surface area (Å²) in [7, 11) is 0. The third-order valence-corrected chi connectivity index (χ3v) is 14.7. The van der Waals surface area contributed by atoms with Crippen molar-refractivity contribution in [1.82, 2.24) is 62.1 Å². The van der Waals surface area contributed by atoms with Gasteiger partial charge in [0.2, 0.25) is 53.2 Å². The van der Waals surface area contributed by atoms with E-state index in [0.29, 0.717) is 39.7 Å². The molecule has 9 amide bonds. The number of carbonyl (C=O) groups is 10. The number of hydrogen-bond donors (Lipinski definition) is 15. The molecule has 452 valence electrons. The van der Waals surface area contributed by atoms with Gasteiger partial charge in [-0.2, -0.15) is 0 Å². The second-order valence-corrected chi connectivity index (χ2v) is 21.2. The number of aliphatic hydroxyl groups is 2. The van der Waals surface area contributed by atoms with E-state index in [2.05, 4.69) is 57.2 Å². The molecule has 1 fully saturated rings. The topological polar surface area (TPSA) is 431 Å². The summed E-state index contributed by atoms with van der Waals surface area (Å²) in [5, 5.41) is 51.3. The van der Waals surface area contributed by atoms with E-state index in [4.69, 9.17) is 11.5 Å². The van der Waals surface area contributed by atoms with Crippen molar-refractivity contribution in [2.24, 2.45) is 11.5 Å². The molecule has 6 aromatic rings. The number of likely N-dealkylation sites (tertiary alicyclic amines) is 1. The Hall–Kier alpha value is -9.47. The number of rotatable bonds is 29. The van der Waals surface area contributed by atoms with Crippen molar-refractivity contribution in [2.75, 3.05) is 6.54 Å². The van der Waals surface area contributed by atoms with E-state index < -0.39 is 126 Å². The molecular formula is C58H72N14O13. The molecule has 3 aromatic carbocycles. The third kappa shape index (κ3) is 16.9. The number of benzene rings is 3. The van der Waals surface area contributed by atoms with E-state index in [1.807, 2.05) is 18.2 Å². The van der Waals surface area contributed by atoms with Gasteiger partial charge in [-0.1, -0.05) is 66.7 Å². The molecule has 1 saturated heterocycles. The summed E-state index contributed by atoms with van der Waals surface area (Å²) < 4.78 is 0. The second kappa shape index (κ2) is 29.2. The lowest BCUT2D eigenvalue weighted by molar-refractivity contribution is -0.145. The molecule has 1 aliphatic heterocycles. The first-order valence-corrected chi connectivity index (χ1v) is 27.7. The minimum absolute atomic E-state index is 0.0189. The van der Waals surface area contributed by atoms with Gasteiger partial charge in [0, 0.05) is 84.7 Å². The van der Waals surface area contributed by atoms with Crippen LogP contribution in [0.15, 0.2) is 104 Å². The molecule has 0 aliphatic carbocycles. The number of para-hydroxylation sites is 2. The van der Waals surface area contributed by atoms with Crippen LogP contribution in [0.2, 0.25) is 0 Å². The van der Waals surface area contributed by atoms with E-state index in [9.17, 15) is 63.3 Å². The highest BCUT2D eigenvalue weighted by Crippen LogP contribution is 2.24. The average Bonchev–Trinajstić information content (AvgIpc) is 4.27. The lowest BCUT2D eigenvalue weighted by atomic mass is 10.0. The number of imidazole rings is 1. The third-order valence-electron chi connectivity index (χ3n) is 14.7. The Morgan fingerprint density at radius 2 is 1.12 bits per heavy atom. The van der Waals surface area contributed by atoms with Gasteiger partial charge in [-0.25, -0.2) is 4.98 Å². The molecule has 0 saturated carbocycles. The Kier molecular flexibility index (Phi) is 21.7. The average molecular weight is 1170 g/mol. The van der Waals surface area contributed by atoms with Crippen LogP contribution in [-0.4, -0.2) is 172 Å².